The van der Waals surface area contributed by atoms with Crippen molar-refractivity contribution in [3.8, 4) is 11.7 Å². The molecule has 2 N–H and O–H groups in total. The summed E-state index contributed by atoms with van der Waals surface area (Å²) < 4.78 is 10.9. The molecule has 1 aliphatic rings. The molecule has 0 saturated heterocycles. The number of thioether (sulfide) groups is 1. The molecule has 0 saturated carbocycles. The SMILES string of the molecule is NC1SC(c2ccccc2)=CN1c1nnc(-c2ccco2)o1. The Balaban J connectivity index is 1.64. The number of aromatic nitrogens is 2. The van der Waals surface area contributed by atoms with Gasteiger partial charge in [-0.1, -0.05) is 47.2 Å². The number of anilines is 1. The largest absolute Gasteiger partial charge is 0.459 e. The number of rotatable bonds is 3. The van der Waals surface area contributed by atoms with Crippen molar-refractivity contribution < 1.29 is 8.83 Å². The first-order valence-electron chi connectivity index (χ1n) is 6.66. The standard InChI is InChI=1S/C15H12N4O2S/c16-14-19(9-12(22-14)10-5-2-1-3-6-10)15-18-17-13(21-15)11-7-4-8-20-11/h1-9,14H,16H2. The monoisotopic (exact) mass is 312 g/mol. The molecule has 3 heterocycles. The van der Waals surface area contributed by atoms with Gasteiger partial charge in [0.2, 0.25) is 0 Å². The number of nitrogens with two attached hydrogens (primary N) is 1. The summed E-state index contributed by atoms with van der Waals surface area (Å²) in [4.78, 5) is 2.82. The fraction of sp³-hybridized carbons (Fsp3) is 0.0667. The van der Waals surface area contributed by atoms with E-state index < -0.39 is 0 Å². The maximum atomic E-state index is 6.15. The van der Waals surface area contributed by atoms with Crippen LogP contribution in [0.15, 0.2) is 63.8 Å². The average Bonchev–Trinajstić information content (AvgIpc) is 3.28. The van der Waals surface area contributed by atoms with Crippen LogP contribution in [-0.2, 0) is 0 Å². The van der Waals surface area contributed by atoms with E-state index in [0.29, 0.717) is 17.7 Å². The van der Waals surface area contributed by atoms with E-state index in [1.54, 1.807) is 35.1 Å². The summed E-state index contributed by atoms with van der Waals surface area (Å²) in [6.45, 7) is 0. The highest BCUT2D eigenvalue weighted by molar-refractivity contribution is 8.09. The van der Waals surface area contributed by atoms with Crippen LogP contribution in [0.3, 0.4) is 0 Å². The van der Waals surface area contributed by atoms with Crippen LogP contribution in [0.4, 0.5) is 6.01 Å². The minimum atomic E-state index is -0.305. The van der Waals surface area contributed by atoms with Crippen molar-refractivity contribution in [2.75, 3.05) is 4.90 Å². The number of furan rings is 1. The molecule has 22 heavy (non-hydrogen) atoms. The smallest absolute Gasteiger partial charge is 0.324 e. The van der Waals surface area contributed by atoms with Crippen molar-refractivity contribution in [3.63, 3.8) is 0 Å². The van der Waals surface area contributed by atoms with E-state index >= 15 is 0 Å². The zero-order valence-electron chi connectivity index (χ0n) is 11.4. The predicted molar refractivity (Wildman–Crippen MR) is 84.5 cm³/mol. The third kappa shape index (κ3) is 2.30. The lowest BCUT2D eigenvalue weighted by Crippen LogP contribution is -2.32. The molecule has 7 heteroatoms. The normalized spacial score (nSPS) is 17.8. The van der Waals surface area contributed by atoms with E-state index in [0.717, 1.165) is 10.5 Å². The summed E-state index contributed by atoms with van der Waals surface area (Å²) in [5.41, 5.74) is 6.95. The van der Waals surface area contributed by atoms with Crippen LogP contribution in [-0.4, -0.2) is 15.7 Å². The molecule has 0 amide bonds. The maximum absolute atomic E-state index is 6.15. The minimum absolute atomic E-state index is 0.305. The fourth-order valence-electron chi connectivity index (χ4n) is 2.15. The van der Waals surface area contributed by atoms with E-state index in [1.807, 2.05) is 36.5 Å². The van der Waals surface area contributed by atoms with Crippen LogP contribution in [0.1, 0.15) is 5.56 Å². The molecule has 110 valence electrons. The molecule has 1 unspecified atom stereocenters. The van der Waals surface area contributed by atoms with Crippen LogP contribution in [0.2, 0.25) is 0 Å². The Kier molecular flexibility index (Phi) is 3.21. The molecule has 3 aromatic rings. The van der Waals surface area contributed by atoms with Crippen molar-refractivity contribution in [1.82, 2.24) is 10.2 Å². The van der Waals surface area contributed by atoms with E-state index in [9.17, 15) is 0 Å². The van der Waals surface area contributed by atoms with Gasteiger partial charge >= 0.3 is 6.01 Å². The summed E-state index contributed by atoms with van der Waals surface area (Å²) in [6, 6.07) is 13.9. The lowest BCUT2D eigenvalue weighted by molar-refractivity contribution is 0.514. The van der Waals surface area contributed by atoms with Gasteiger partial charge in [0.05, 0.1) is 6.26 Å². The molecule has 6 nitrogen and oxygen atoms in total. The third-order valence-electron chi connectivity index (χ3n) is 3.20. The summed E-state index contributed by atoms with van der Waals surface area (Å²) in [6.07, 6.45) is 3.48. The first-order valence-corrected chi connectivity index (χ1v) is 7.54. The van der Waals surface area contributed by atoms with Crippen molar-refractivity contribution in [3.05, 3.63) is 60.5 Å². The first-order chi connectivity index (χ1) is 10.8. The highest BCUT2D eigenvalue weighted by Crippen LogP contribution is 2.39. The number of nitrogens with zero attached hydrogens (tertiary/aromatic N) is 3. The lowest BCUT2D eigenvalue weighted by atomic mass is 10.2. The Morgan fingerprint density at radius 3 is 2.73 bits per heavy atom. The fourth-order valence-corrected chi connectivity index (χ4v) is 3.12. The summed E-state index contributed by atoms with van der Waals surface area (Å²) in [5, 5.41) is 8.03. The summed E-state index contributed by atoms with van der Waals surface area (Å²) >= 11 is 1.54. The summed E-state index contributed by atoms with van der Waals surface area (Å²) in [7, 11) is 0. The molecular weight excluding hydrogens is 300 g/mol. The molecule has 0 bridgehead atoms. The highest BCUT2D eigenvalue weighted by atomic mass is 32.2. The van der Waals surface area contributed by atoms with Crippen molar-refractivity contribution >= 4 is 22.7 Å². The van der Waals surface area contributed by atoms with Gasteiger partial charge in [-0.2, -0.15) is 0 Å². The molecule has 0 radical (unpaired) electrons. The predicted octanol–water partition coefficient (Wildman–Crippen LogP) is 3.12. The van der Waals surface area contributed by atoms with Crippen LogP contribution in [0, 0.1) is 0 Å². The number of hydrogen-bond donors (Lipinski definition) is 1. The van der Waals surface area contributed by atoms with Crippen LogP contribution >= 0.6 is 11.8 Å². The van der Waals surface area contributed by atoms with Crippen molar-refractivity contribution in [1.29, 1.82) is 0 Å². The Hall–Kier alpha value is -2.51. The quantitative estimate of drug-likeness (QED) is 0.795. The van der Waals surface area contributed by atoms with Gasteiger partial charge in [-0.05, 0) is 17.7 Å². The minimum Gasteiger partial charge on any atom is -0.459 e. The van der Waals surface area contributed by atoms with Crippen LogP contribution < -0.4 is 10.6 Å². The van der Waals surface area contributed by atoms with E-state index in [2.05, 4.69) is 10.2 Å². The number of benzene rings is 1. The first kappa shape index (κ1) is 13.2. The van der Waals surface area contributed by atoms with Gasteiger partial charge in [0.1, 0.15) is 5.50 Å². The van der Waals surface area contributed by atoms with E-state index in [4.69, 9.17) is 14.6 Å². The topological polar surface area (TPSA) is 81.3 Å². The van der Waals surface area contributed by atoms with Gasteiger partial charge < -0.3 is 14.6 Å². The van der Waals surface area contributed by atoms with Gasteiger partial charge in [0.15, 0.2) is 5.76 Å². The Labute approximate surface area is 130 Å². The molecular formula is C15H12N4O2S. The van der Waals surface area contributed by atoms with Gasteiger partial charge in [-0.3, -0.25) is 4.90 Å². The Bertz CT molecular complexity index is 798. The maximum Gasteiger partial charge on any atom is 0.324 e. The van der Waals surface area contributed by atoms with Gasteiger partial charge in [-0.25, -0.2) is 0 Å². The molecule has 1 aliphatic heterocycles. The molecule has 1 aromatic carbocycles. The van der Waals surface area contributed by atoms with Crippen LogP contribution in [0.25, 0.3) is 16.6 Å². The second-order valence-electron chi connectivity index (χ2n) is 4.64. The molecule has 1 atom stereocenters. The molecule has 2 aromatic heterocycles. The summed E-state index contributed by atoms with van der Waals surface area (Å²) in [5.74, 6) is 0.866. The lowest BCUT2D eigenvalue weighted by Gasteiger charge is -2.14. The second kappa shape index (κ2) is 5.36. The van der Waals surface area contributed by atoms with Gasteiger partial charge in [0, 0.05) is 11.1 Å². The Morgan fingerprint density at radius 2 is 1.95 bits per heavy atom. The second-order valence-corrected chi connectivity index (χ2v) is 5.80. The zero-order valence-corrected chi connectivity index (χ0v) is 12.2. The van der Waals surface area contributed by atoms with Gasteiger partial charge in [0.25, 0.3) is 5.89 Å². The average molecular weight is 312 g/mol. The van der Waals surface area contributed by atoms with Crippen LogP contribution in [0.5, 0.6) is 0 Å². The molecule has 4 rings (SSSR count). The molecule has 0 fully saturated rings. The van der Waals surface area contributed by atoms with Crippen molar-refractivity contribution in [2.24, 2.45) is 5.73 Å². The van der Waals surface area contributed by atoms with Gasteiger partial charge in [-0.15, -0.1) is 5.10 Å². The molecule has 0 spiro atoms. The highest BCUT2D eigenvalue weighted by Gasteiger charge is 2.28. The third-order valence-corrected chi connectivity index (χ3v) is 4.27. The number of hydrogen-bond acceptors (Lipinski definition) is 7. The zero-order chi connectivity index (χ0) is 14.9. The van der Waals surface area contributed by atoms with E-state index in [-0.39, 0.29) is 5.50 Å². The van der Waals surface area contributed by atoms with E-state index in [1.165, 1.54) is 0 Å². The van der Waals surface area contributed by atoms with Crippen molar-refractivity contribution in [2.45, 2.75) is 5.50 Å². The Morgan fingerprint density at radius 1 is 1.09 bits per heavy atom. The molecule has 0 aliphatic carbocycles.